The highest BCUT2D eigenvalue weighted by Crippen LogP contribution is 2.11. The minimum absolute atomic E-state index is 0. The molecule has 1 amide bonds. The minimum Gasteiger partial charge on any atom is -0.349 e. The van der Waals surface area contributed by atoms with Gasteiger partial charge in [-0.1, -0.05) is 31.2 Å². The van der Waals surface area contributed by atoms with Crippen LogP contribution in [0.5, 0.6) is 0 Å². The second-order valence-corrected chi connectivity index (χ2v) is 4.00. The summed E-state index contributed by atoms with van der Waals surface area (Å²) in [4.78, 5) is 16.2. The van der Waals surface area contributed by atoms with E-state index in [0.29, 0.717) is 12.2 Å². The summed E-state index contributed by atoms with van der Waals surface area (Å²) in [5.74, 6) is -0.126. The lowest BCUT2D eigenvalue weighted by Crippen LogP contribution is -2.32. The minimum atomic E-state index is -0.126. The Labute approximate surface area is 131 Å². The Morgan fingerprint density at radius 1 is 1.10 bits per heavy atom. The fourth-order valence-corrected chi connectivity index (χ4v) is 1.72. The number of hydrogen-bond acceptors (Lipinski definition) is 3. The molecule has 2 aromatic rings. The first-order valence-corrected chi connectivity index (χ1v) is 6.16. The van der Waals surface area contributed by atoms with Crippen molar-refractivity contribution < 1.29 is 4.79 Å². The molecule has 0 aliphatic heterocycles. The van der Waals surface area contributed by atoms with Gasteiger partial charge in [0.05, 0.1) is 5.52 Å². The first-order valence-electron chi connectivity index (χ1n) is 6.16. The van der Waals surface area contributed by atoms with E-state index in [-0.39, 0.29) is 30.7 Å². The van der Waals surface area contributed by atoms with Gasteiger partial charge in [0.25, 0.3) is 5.91 Å². The van der Waals surface area contributed by atoms with E-state index in [1.54, 1.807) is 6.07 Å². The van der Waals surface area contributed by atoms with Crippen molar-refractivity contribution >= 4 is 41.6 Å². The number of likely N-dealkylation sites (N-methyl/N-ethyl adjacent to an activating group) is 1. The van der Waals surface area contributed by atoms with Gasteiger partial charge in [-0.3, -0.25) is 4.79 Å². The maximum atomic E-state index is 11.9. The molecule has 4 nitrogen and oxygen atoms in total. The standard InChI is InChI=1S/C14H17N3O.2ClH/c1-2-15-9-10-16-14(18)13-8-7-11-5-3-4-6-12(11)17-13;;/h3-8,15H,2,9-10H2,1H3,(H,16,18);2*1H. The van der Waals surface area contributed by atoms with Gasteiger partial charge >= 0.3 is 0 Å². The number of carbonyl (C=O) groups is 1. The molecule has 0 aliphatic rings. The maximum absolute atomic E-state index is 11.9. The summed E-state index contributed by atoms with van der Waals surface area (Å²) in [6.45, 7) is 4.33. The summed E-state index contributed by atoms with van der Waals surface area (Å²) in [6.07, 6.45) is 0. The molecule has 2 rings (SSSR count). The van der Waals surface area contributed by atoms with Crippen LogP contribution >= 0.6 is 24.8 Å². The second-order valence-electron chi connectivity index (χ2n) is 4.00. The molecule has 0 fully saturated rings. The summed E-state index contributed by atoms with van der Waals surface area (Å²) in [7, 11) is 0. The molecule has 0 saturated carbocycles. The molecular formula is C14H19Cl2N3O. The van der Waals surface area contributed by atoms with E-state index in [9.17, 15) is 4.79 Å². The van der Waals surface area contributed by atoms with Crippen molar-refractivity contribution in [1.82, 2.24) is 15.6 Å². The largest absolute Gasteiger partial charge is 0.349 e. The van der Waals surface area contributed by atoms with Gasteiger partial charge in [0.2, 0.25) is 0 Å². The predicted octanol–water partition coefficient (Wildman–Crippen LogP) is 2.42. The van der Waals surface area contributed by atoms with E-state index in [0.717, 1.165) is 24.0 Å². The molecule has 0 saturated heterocycles. The molecule has 2 N–H and O–H groups in total. The number of hydrogen-bond donors (Lipinski definition) is 2. The van der Waals surface area contributed by atoms with Gasteiger partial charge in [-0.2, -0.15) is 0 Å². The van der Waals surface area contributed by atoms with Gasteiger partial charge in [-0.15, -0.1) is 24.8 Å². The van der Waals surface area contributed by atoms with E-state index >= 15 is 0 Å². The molecule has 0 radical (unpaired) electrons. The fraction of sp³-hybridized carbons (Fsp3) is 0.286. The summed E-state index contributed by atoms with van der Waals surface area (Å²) < 4.78 is 0. The van der Waals surface area contributed by atoms with E-state index in [2.05, 4.69) is 15.6 Å². The Bertz CT molecular complexity index is 549. The summed E-state index contributed by atoms with van der Waals surface area (Å²) >= 11 is 0. The highest BCUT2D eigenvalue weighted by Gasteiger charge is 2.06. The van der Waals surface area contributed by atoms with Crippen molar-refractivity contribution in [3.63, 3.8) is 0 Å². The predicted molar refractivity (Wildman–Crippen MR) is 87.1 cm³/mol. The van der Waals surface area contributed by atoms with Crippen LogP contribution in [0.15, 0.2) is 36.4 Å². The summed E-state index contributed by atoms with van der Waals surface area (Å²) in [5, 5.41) is 7.03. The summed E-state index contributed by atoms with van der Waals surface area (Å²) in [5.41, 5.74) is 1.31. The van der Waals surface area contributed by atoms with Crippen molar-refractivity contribution in [3.05, 3.63) is 42.1 Å². The second kappa shape index (κ2) is 9.53. The van der Waals surface area contributed by atoms with E-state index in [1.165, 1.54) is 0 Å². The Kier molecular flexibility index (Phi) is 8.88. The zero-order valence-corrected chi connectivity index (χ0v) is 12.9. The number of para-hydroxylation sites is 1. The van der Waals surface area contributed by atoms with Gasteiger partial charge < -0.3 is 10.6 Å². The summed E-state index contributed by atoms with van der Waals surface area (Å²) in [6, 6.07) is 11.4. The Balaban J connectivity index is 0.00000180. The number of carbonyl (C=O) groups excluding carboxylic acids is 1. The maximum Gasteiger partial charge on any atom is 0.269 e. The number of nitrogens with one attached hydrogen (secondary N) is 2. The highest BCUT2D eigenvalue weighted by molar-refractivity contribution is 5.94. The van der Waals surface area contributed by atoms with Crippen LogP contribution < -0.4 is 10.6 Å². The Morgan fingerprint density at radius 3 is 2.60 bits per heavy atom. The van der Waals surface area contributed by atoms with E-state index in [1.807, 2.05) is 37.3 Å². The molecule has 20 heavy (non-hydrogen) atoms. The zero-order chi connectivity index (χ0) is 12.8. The van der Waals surface area contributed by atoms with Crippen LogP contribution in [0.4, 0.5) is 0 Å². The highest BCUT2D eigenvalue weighted by atomic mass is 35.5. The number of nitrogens with zero attached hydrogens (tertiary/aromatic N) is 1. The number of pyridine rings is 1. The van der Waals surface area contributed by atoms with Crippen LogP contribution in [0.25, 0.3) is 10.9 Å². The lowest BCUT2D eigenvalue weighted by Gasteiger charge is -2.05. The molecule has 0 spiro atoms. The molecular weight excluding hydrogens is 297 g/mol. The molecule has 0 aliphatic carbocycles. The quantitative estimate of drug-likeness (QED) is 0.833. The Morgan fingerprint density at radius 2 is 1.85 bits per heavy atom. The van der Waals surface area contributed by atoms with Gasteiger partial charge in [-0.25, -0.2) is 4.98 Å². The zero-order valence-electron chi connectivity index (χ0n) is 11.3. The van der Waals surface area contributed by atoms with Crippen molar-refractivity contribution in [3.8, 4) is 0 Å². The monoisotopic (exact) mass is 315 g/mol. The first-order chi connectivity index (χ1) is 8.81. The molecule has 1 aromatic heterocycles. The molecule has 1 heterocycles. The molecule has 6 heteroatoms. The first kappa shape index (κ1) is 18.6. The van der Waals surface area contributed by atoms with Crippen molar-refractivity contribution in [1.29, 1.82) is 0 Å². The van der Waals surface area contributed by atoms with E-state index in [4.69, 9.17) is 0 Å². The SMILES string of the molecule is CCNCCNC(=O)c1ccc2ccccc2n1.Cl.Cl. The molecule has 1 aromatic carbocycles. The van der Waals surface area contributed by atoms with Crippen LogP contribution in [-0.4, -0.2) is 30.5 Å². The van der Waals surface area contributed by atoms with Gasteiger partial charge in [0.1, 0.15) is 5.69 Å². The van der Waals surface area contributed by atoms with Crippen LogP contribution in [-0.2, 0) is 0 Å². The lowest BCUT2D eigenvalue weighted by atomic mass is 10.2. The van der Waals surface area contributed by atoms with Gasteiger partial charge in [0, 0.05) is 18.5 Å². The van der Waals surface area contributed by atoms with Crippen molar-refractivity contribution in [2.24, 2.45) is 0 Å². The molecule has 0 unspecified atom stereocenters. The number of aromatic nitrogens is 1. The van der Waals surface area contributed by atoms with Gasteiger partial charge in [-0.05, 0) is 18.7 Å². The van der Waals surface area contributed by atoms with E-state index < -0.39 is 0 Å². The normalized spacial score (nSPS) is 9.45. The van der Waals surface area contributed by atoms with Crippen LogP contribution in [0.1, 0.15) is 17.4 Å². The average molecular weight is 316 g/mol. The van der Waals surface area contributed by atoms with Crippen molar-refractivity contribution in [2.45, 2.75) is 6.92 Å². The lowest BCUT2D eigenvalue weighted by molar-refractivity contribution is 0.0949. The molecule has 0 atom stereocenters. The topological polar surface area (TPSA) is 54.0 Å². The van der Waals surface area contributed by atoms with Crippen LogP contribution in [0.2, 0.25) is 0 Å². The third-order valence-electron chi connectivity index (χ3n) is 2.67. The smallest absolute Gasteiger partial charge is 0.269 e. The number of benzene rings is 1. The van der Waals surface area contributed by atoms with Crippen molar-refractivity contribution in [2.75, 3.05) is 19.6 Å². The van der Waals surface area contributed by atoms with Crippen LogP contribution in [0.3, 0.4) is 0 Å². The number of amides is 1. The number of halogens is 2. The third kappa shape index (κ3) is 4.96. The Hall–Kier alpha value is -1.36. The van der Waals surface area contributed by atoms with Crippen LogP contribution in [0, 0.1) is 0 Å². The van der Waals surface area contributed by atoms with Gasteiger partial charge in [0.15, 0.2) is 0 Å². The molecule has 110 valence electrons. The number of fused-ring (bicyclic) bond motifs is 1. The number of rotatable bonds is 5. The third-order valence-corrected chi connectivity index (χ3v) is 2.67. The fourth-order valence-electron chi connectivity index (χ4n) is 1.72. The molecule has 0 bridgehead atoms. The average Bonchev–Trinajstić information content (AvgIpc) is 2.43.